The predicted octanol–water partition coefficient (Wildman–Crippen LogP) is 2.95. The summed E-state index contributed by atoms with van der Waals surface area (Å²) in [7, 11) is 0. The number of aromatic nitrogens is 2. The Morgan fingerprint density at radius 3 is 2.59 bits per heavy atom. The lowest BCUT2D eigenvalue weighted by molar-refractivity contribution is 0.0696. The van der Waals surface area contributed by atoms with E-state index in [4.69, 9.17) is 5.11 Å². The van der Waals surface area contributed by atoms with E-state index in [0.717, 1.165) is 16.0 Å². The van der Waals surface area contributed by atoms with Crippen LogP contribution < -0.4 is 0 Å². The van der Waals surface area contributed by atoms with Crippen LogP contribution in [0.25, 0.3) is 5.82 Å². The molecule has 5 heteroatoms. The number of hydrogen-bond donors (Lipinski definition) is 1. The molecule has 0 aromatic carbocycles. The van der Waals surface area contributed by atoms with Crippen LogP contribution in [0, 0.1) is 13.8 Å². The van der Waals surface area contributed by atoms with Crippen LogP contribution >= 0.6 is 15.9 Å². The average Bonchev–Trinajstić information content (AvgIpc) is 2.56. The first-order valence-corrected chi connectivity index (χ1v) is 5.84. The van der Waals surface area contributed by atoms with E-state index >= 15 is 0 Å². The van der Waals surface area contributed by atoms with E-state index < -0.39 is 5.97 Å². The van der Waals surface area contributed by atoms with Crippen LogP contribution in [0.5, 0.6) is 0 Å². The predicted molar refractivity (Wildman–Crippen MR) is 67.7 cm³/mol. The first-order valence-electron chi connectivity index (χ1n) is 5.05. The number of hydrogen-bond acceptors (Lipinski definition) is 2. The Bertz CT molecular complexity index is 573. The lowest BCUT2D eigenvalue weighted by atomic mass is 10.2. The first kappa shape index (κ1) is 11.9. The molecule has 0 saturated heterocycles. The minimum Gasteiger partial charge on any atom is -0.478 e. The van der Waals surface area contributed by atoms with Crippen molar-refractivity contribution in [2.75, 3.05) is 0 Å². The highest BCUT2D eigenvalue weighted by molar-refractivity contribution is 9.10. The molecule has 0 atom stereocenters. The molecule has 88 valence electrons. The number of carboxylic acid groups (broad SMARTS) is 1. The number of nitrogens with zero attached hydrogens (tertiary/aromatic N) is 2. The molecule has 2 heterocycles. The van der Waals surface area contributed by atoms with Crippen LogP contribution in [0.4, 0.5) is 0 Å². The molecule has 0 saturated carbocycles. The number of pyridine rings is 1. The third kappa shape index (κ3) is 2.10. The van der Waals surface area contributed by atoms with Crippen LogP contribution in [0.1, 0.15) is 21.7 Å². The van der Waals surface area contributed by atoms with Crippen LogP contribution in [0.3, 0.4) is 0 Å². The van der Waals surface area contributed by atoms with E-state index in [9.17, 15) is 4.79 Å². The number of aryl methyl sites for hydroxylation is 1. The molecule has 2 aromatic rings. The van der Waals surface area contributed by atoms with Crippen molar-refractivity contribution in [1.29, 1.82) is 0 Å². The zero-order chi connectivity index (χ0) is 12.6. The second-order valence-corrected chi connectivity index (χ2v) is 4.68. The largest absolute Gasteiger partial charge is 0.478 e. The van der Waals surface area contributed by atoms with Gasteiger partial charge >= 0.3 is 5.97 Å². The van der Waals surface area contributed by atoms with E-state index in [1.807, 2.05) is 23.6 Å². The molecule has 2 aromatic heterocycles. The Balaban J connectivity index is 2.59. The van der Waals surface area contributed by atoms with Crippen molar-refractivity contribution in [2.24, 2.45) is 0 Å². The molecule has 0 fully saturated rings. The summed E-state index contributed by atoms with van der Waals surface area (Å²) in [6, 6.07) is 5.37. The summed E-state index contributed by atoms with van der Waals surface area (Å²) in [5.74, 6) is -0.197. The fourth-order valence-electron chi connectivity index (χ4n) is 1.83. The van der Waals surface area contributed by atoms with Crippen LogP contribution in [-0.4, -0.2) is 20.6 Å². The quantitative estimate of drug-likeness (QED) is 0.926. The third-order valence-corrected chi connectivity index (χ3v) is 3.07. The zero-order valence-corrected chi connectivity index (χ0v) is 11.0. The Morgan fingerprint density at radius 2 is 2.12 bits per heavy atom. The van der Waals surface area contributed by atoms with Gasteiger partial charge in [0.25, 0.3) is 0 Å². The molecule has 4 nitrogen and oxygen atoms in total. The van der Waals surface area contributed by atoms with Gasteiger partial charge in [0.2, 0.25) is 0 Å². The van der Waals surface area contributed by atoms with Gasteiger partial charge in [0.1, 0.15) is 5.82 Å². The minimum absolute atomic E-state index is 0.312. The van der Waals surface area contributed by atoms with Crippen molar-refractivity contribution in [3.05, 3.63) is 45.8 Å². The van der Waals surface area contributed by atoms with E-state index in [-0.39, 0.29) is 0 Å². The second kappa shape index (κ2) is 4.33. The molecule has 0 unspecified atom stereocenters. The number of halogens is 1. The van der Waals surface area contributed by atoms with Gasteiger partial charge in [-0.1, -0.05) is 0 Å². The van der Waals surface area contributed by atoms with Gasteiger partial charge < -0.3 is 9.67 Å². The van der Waals surface area contributed by atoms with Crippen LogP contribution in [0.15, 0.2) is 28.9 Å². The molecule has 0 amide bonds. The Morgan fingerprint density at radius 1 is 1.41 bits per heavy atom. The third-order valence-electron chi connectivity index (χ3n) is 2.60. The van der Waals surface area contributed by atoms with Crippen molar-refractivity contribution in [3.8, 4) is 5.82 Å². The van der Waals surface area contributed by atoms with Gasteiger partial charge in [-0.2, -0.15) is 0 Å². The number of rotatable bonds is 2. The summed E-state index contributed by atoms with van der Waals surface area (Å²) < 4.78 is 2.72. The average molecular weight is 295 g/mol. The topological polar surface area (TPSA) is 55.1 Å². The van der Waals surface area contributed by atoms with Crippen molar-refractivity contribution in [3.63, 3.8) is 0 Å². The number of carboxylic acids is 1. The molecular formula is C12H11BrN2O2. The zero-order valence-electron chi connectivity index (χ0n) is 9.44. The molecule has 0 aliphatic rings. The van der Waals surface area contributed by atoms with Crippen molar-refractivity contribution in [1.82, 2.24) is 9.55 Å². The SMILES string of the molecule is Cc1cc(C(=O)O)c(C)n1-c1ccc(Br)cn1. The van der Waals surface area contributed by atoms with Gasteiger partial charge in [0, 0.05) is 22.1 Å². The van der Waals surface area contributed by atoms with Gasteiger partial charge in [-0.05, 0) is 48.0 Å². The van der Waals surface area contributed by atoms with E-state index in [1.165, 1.54) is 0 Å². The van der Waals surface area contributed by atoms with Crippen LogP contribution in [0.2, 0.25) is 0 Å². The van der Waals surface area contributed by atoms with E-state index in [1.54, 1.807) is 19.2 Å². The smallest absolute Gasteiger partial charge is 0.337 e. The summed E-state index contributed by atoms with van der Waals surface area (Å²) in [5.41, 5.74) is 1.85. The van der Waals surface area contributed by atoms with Crippen molar-refractivity contribution in [2.45, 2.75) is 13.8 Å². The molecule has 0 spiro atoms. The van der Waals surface area contributed by atoms with Gasteiger partial charge in [-0.3, -0.25) is 0 Å². The molecule has 0 radical (unpaired) electrons. The summed E-state index contributed by atoms with van der Waals surface area (Å²) in [5, 5.41) is 9.05. The summed E-state index contributed by atoms with van der Waals surface area (Å²) in [6.45, 7) is 3.64. The molecular weight excluding hydrogens is 284 g/mol. The van der Waals surface area contributed by atoms with E-state index in [0.29, 0.717) is 11.3 Å². The van der Waals surface area contributed by atoms with Crippen LogP contribution in [-0.2, 0) is 0 Å². The molecule has 0 bridgehead atoms. The summed E-state index contributed by atoms with van der Waals surface area (Å²) >= 11 is 3.32. The molecule has 1 N–H and O–H groups in total. The van der Waals surface area contributed by atoms with Gasteiger partial charge in [0.05, 0.1) is 5.56 Å². The summed E-state index contributed by atoms with van der Waals surface area (Å²) in [6.07, 6.45) is 1.69. The Hall–Kier alpha value is -1.62. The fourth-order valence-corrected chi connectivity index (χ4v) is 2.07. The number of aromatic carboxylic acids is 1. The monoisotopic (exact) mass is 294 g/mol. The minimum atomic E-state index is -0.915. The van der Waals surface area contributed by atoms with Gasteiger partial charge in [-0.25, -0.2) is 9.78 Å². The van der Waals surface area contributed by atoms with E-state index in [2.05, 4.69) is 20.9 Å². The second-order valence-electron chi connectivity index (χ2n) is 3.76. The Labute approximate surface area is 107 Å². The highest BCUT2D eigenvalue weighted by Crippen LogP contribution is 2.20. The molecule has 0 aliphatic heterocycles. The highest BCUT2D eigenvalue weighted by Gasteiger charge is 2.15. The molecule has 2 rings (SSSR count). The van der Waals surface area contributed by atoms with Crippen molar-refractivity contribution >= 4 is 21.9 Å². The molecule has 0 aliphatic carbocycles. The standard InChI is InChI=1S/C12H11BrN2O2/c1-7-5-10(12(16)17)8(2)15(7)11-4-3-9(13)6-14-11/h3-6H,1-2H3,(H,16,17). The summed E-state index contributed by atoms with van der Waals surface area (Å²) in [4.78, 5) is 15.3. The van der Waals surface area contributed by atoms with Gasteiger partial charge in [-0.15, -0.1) is 0 Å². The number of carbonyl (C=O) groups is 1. The fraction of sp³-hybridized carbons (Fsp3) is 0.167. The first-order chi connectivity index (χ1) is 8.00. The maximum atomic E-state index is 11.0. The lowest BCUT2D eigenvalue weighted by Gasteiger charge is -2.08. The Kier molecular flexibility index (Phi) is 3.02. The molecule has 17 heavy (non-hydrogen) atoms. The van der Waals surface area contributed by atoms with Gasteiger partial charge in [0.15, 0.2) is 0 Å². The highest BCUT2D eigenvalue weighted by atomic mass is 79.9. The normalized spacial score (nSPS) is 10.5. The maximum absolute atomic E-state index is 11.0. The maximum Gasteiger partial charge on any atom is 0.337 e. The van der Waals surface area contributed by atoms with Crippen molar-refractivity contribution < 1.29 is 9.90 Å². The lowest BCUT2D eigenvalue weighted by Crippen LogP contribution is -2.03.